The standard InChI is InChI=1S/C19H22FN3O2/c1-12(18(24)22-15-7-4-13(20)5-8-15)23-11-19(2,3)25-17-9-6-14(21)10-16(17)23/h4-10,12H,11,21H2,1-3H3,(H,22,24). The molecule has 0 saturated carbocycles. The molecule has 1 aliphatic rings. The highest BCUT2D eigenvalue weighted by Gasteiger charge is 2.36. The average molecular weight is 343 g/mol. The van der Waals surface area contributed by atoms with Crippen molar-refractivity contribution in [2.75, 3.05) is 22.5 Å². The molecule has 0 aliphatic carbocycles. The van der Waals surface area contributed by atoms with Crippen LogP contribution in [0.2, 0.25) is 0 Å². The Bertz CT molecular complexity index is 790. The van der Waals surface area contributed by atoms with Gasteiger partial charge in [0.2, 0.25) is 5.91 Å². The number of hydrogen-bond acceptors (Lipinski definition) is 4. The number of nitrogens with zero attached hydrogens (tertiary/aromatic N) is 1. The summed E-state index contributed by atoms with van der Waals surface area (Å²) in [6.45, 7) is 6.32. The summed E-state index contributed by atoms with van der Waals surface area (Å²) in [5, 5.41) is 2.82. The number of anilines is 3. The lowest BCUT2D eigenvalue weighted by Crippen LogP contribution is -2.53. The van der Waals surface area contributed by atoms with Crippen LogP contribution in [0.25, 0.3) is 0 Å². The Morgan fingerprint density at radius 2 is 1.96 bits per heavy atom. The molecule has 0 aromatic heterocycles. The normalized spacial score (nSPS) is 16.6. The van der Waals surface area contributed by atoms with Gasteiger partial charge in [0.05, 0.1) is 12.2 Å². The maximum Gasteiger partial charge on any atom is 0.246 e. The largest absolute Gasteiger partial charge is 0.484 e. The number of rotatable bonds is 3. The van der Waals surface area contributed by atoms with E-state index >= 15 is 0 Å². The highest BCUT2D eigenvalue weighted by Crippen LogP contribution is 2.39. The molecule has 0 saturated heterocycles. The number of benzene rings is 2. The van der Waals surface area contributed by atoms with Crippen molar-refractivity contribution >= 4 is 23.0 Å². The van der Waals surface area contributed by atoms with E-state index in [4.69, 9.17) is 10.5 Å². The Morgan fingerprint density at radius 3 is 2.64 bits per heavy atom. The molecule has 132 valence electrons. The van der Waals surface area contributed by atoms with Crippen molar-refractivity contribution in [1.29, 1.82) is 0 Å². The zero-order valence-electron chi connectivity index (χ0n) is 14.5. The smallest absolute Gasteiger partial charge is 0.246 e. The predicted octanol–water partition coefficient (Wildman–Crippen LogP) is 3.41. The number of halogens is 1. The van der Waals surface area contributed by atoms with Gasteiger partial charge < -0.3 is 20.7 Å². The summed E-state index contributed by atoms with van der Waals surface area (Å²) in [5.74, 6) is 0.176. The summed E-state index contributed by atoms with van der Waals surface area (Å²) >= 11 is 0. The van der Waals surface area contributed by atoms with E-state index in [-0.39, 0.29) is 11.7 Å². The number of carbonyl (C=O) groups excluding carboxylic acids is 1. The highest BCUT2D eigenvalue weighted by molar-refractivity contribution is 5.97. The van der Waals surface area contributed by atoms with E-state index in [0.717, 1.165) is 5.69 Å². The van der Waals surface area contributed by atoms with Crippen LogP contribution in [0.3, 0.4) is 0 Å². The molecule has 0 radical (unpaired) electrons. The Hall–Kier alpha value is -2.76. The number of nitrogens with two attached hydrogens (primary N) is 1. The number of ether oxygens (including phenoxy) is 1. The molecule has 1 aliphatic heterocycles. The van der Waals surface area contributed by atoms with E-state index in [9.17, 15) is 9.18 Å². The molecular formula is C19H22FN3O2. The van der Waals surface area contributed by atoms with Crippen molar-refractivity contribution in [2.45, 2.75) is 32.4 Å². The number of hydrogen-bond donors (Lipinski definition) is 2. The lowest BCUT2D eigenvalue weighted by Gasteiger charge is -2.43. The van der Waals surface area contributed by atoms with Crippen molar-refractivity contribution in [2.24, 2.45) is 0 Å². The lowest BCUT2D eigenvalue weighted by molar-refractivity contribution is -0.117. The summed E-state index contributed by atoms with van der Waals surface area (Å²) in [6, 6.07) is 10.7. The molecular weight excluding hydrogens is 321 g/mol. The fourth-order valence-corrected chi connectivity index (χ4v) is 2.94. The monoisotopic (exact) mass is 343 g/mol. The van der Waals surface area contributed by atoms with Crippen molar-refractivity contribution in [3.63, 3.8) is 0 Å². The van der Waals surface area contributed by atoms with E-state index in [1.807, 2.05) is 37.8 Å². The molecule has 0 spiro atoms. The Labute approximate surface area is 146 Å². The van der Waals surface area contributed by atoms with Crippen molar-refractivity contribution in [1.82, 2.24) is 0 Å². The fourth-order valence-electron chi connectivity index (χ4n) is 2.94. The molecule has 6 heteroatoms. The average Bonchev–Trinajstić information content (AvgIpc) is 2.55. The van der Waals surface area contributed by atoms with Gasteiger partial charge >= 0.3 is 0 Å². The van der Waals surface area contributed by atoms with Crippen molar-refractivity contribution in [3.05, 3.63) is 48.3 Å². The summed E-state index contributed by atoms with van der Waals surface area (Å²) in [7, 11) is 0. The minimum atomic E-state index is -0.450. The maximum atomic E-state index is 13.0. The Kier molecular flexibility index (Phi) is 4.29. The SMILES string of the molecule is CC(C(=O)Nc1ccc(F)cc1)N1CC(C)(C)Oc2ccc(N)cc21. The second-order valence-electron chi connectivity index (χ2n) is 6.89. The topological polar surface area (TPSA) is 67.6 Å². The summed E-state index contributed by atoms with van der Waals surface area (Å²) < 4.78 is 19.0. The van der Waals surface area contributed by atoms with E-state index in [0.29, 0.717) is 23.7 Å². The van der Waals surface area contributed by atoms with Crippen LogP contribution in [0.4, 0.5) is 21.5 Å². The molecule has 1 unspecified atom stereocenters. The minimum absolute atomic E-state index is 0.183. The molecule has 2 aromatic rings. The molecule has 3 rings (SSSR count). The highest BCUT2D eigenvalue weighted by atomic mass is 19.1. The molecule has 2 aromatic carbocycles. The van der Waals surface area contributed by atoms with Crippen molar-refractivity contribution in [3.8, 4) is 5.75 Å². The van der Waals surface area contributed by atoms with Gasteiger partial charge in [-0.15, -0.1) is 0 Å². The van der Waals surface area contributed by atoms with Gasteiger partial charge in [-0.3, -0.25) is 4.79 Å². The Balaban J connectivity index is 1.85. The molecule has 5 nitrogen and oxygen atoms in total. The molecule has 3 N–H and O–H groups in total. The van der Waals surface area contributed by atoms with Crippen LogP contribution in [0.15, 0.2) is 42.5 Å². The fraction of sp³-hybridized carbons (Fsp3) is 0.316. The van der Waals surface area contributed by atoms with Crippen LogP contribution in [0.1, 0.15) is 20.8 Å². The van der Waals surface area contributed by atoms with Gasteiger partial charge in [0.15, 0.2) is 0 Å². The van der Waals surface area contributed by atoms with Crippen LogP contribution in [0.5, 0.6) is 5.75 Å². The van der Waals surface area contributed by atoms with Gasteiger partial charge in [-0.1, -0.05) is 0 Å². The van der Waals surface area contributed by atoms with E-state index in [1.165, 1.54) is 24.3 Å². The first-order valence-electron chi connectivity index (χ1n) is 8.17. The molecule has 0 bridgehead atoms. The van der Waals surface area contributed by atoms with Gasteiger partial charge in [0.1, 0.15) is 23.2 Å². The third-order valence-electron chi connectivity index (χ3n) is 4.19. The summed E-state index contributed by atoms with van der Waals surface area (Å²) in [6.07, 6.45) is 0. The predicted molar refractivity (Wildman–Crippen MR) is 97.4 cm³/mol. The second-order valence-corrected chi connectivity index (χ2v) is 6.89. The number of carbonyl (C=O) groups is 1. The second kappa shape index (κ2) is 6.27. The first kappa shape index (κ1) is 17.1. The zero-order chi connectivity index (χ0) is 18.2. The number of fused-ring (bicyclic) bond motifs is 1. The number of nitrogen functional groups attached to an aromatic ring is 1. The minimum Gasteiger partial charge on any atom is -0.484 e. The third-order valence-corrected chi connectivity index (χ3v) is 4.19. The van der Waals surface area contributed by atoms with Gasteiger partial charge in [0.25, 0.3) is 0 Å². The van der Waals surface area contributed by atoms with E-state index < -0.39 is 11.6 Å². The molecule has 1 heterocycles. The van der Waals surface area contributed by atoms with E-state index in [2.05, 4.69) is 5.32 Å². The lowest BCUT2D eigenvalue weighted by atomic mass is 10.0. The van der Waals surface area contributed by atoms with Crippen LogP contribution in [-0.4, -0.2) is 24.1 Å². The van der Waals surface area contributed by atoms with Gasteiger partial charge in [-0.25, -0.2) is 4.39 Å². The molecule has 1 atom stereocenters. The molecule has 1 amide bonds. The first-order valence-corrected chi connectivity index (χ1v) is 8.17. The quantitative estimate of drug-likeness (QED) is 0.838. The number of amides is 1. The molecule has 25 heavy (non-hydrogen) atoms. The summed E-state index contributed by atoms with van der Waals surface area (Å²) in [5.41, 5.74) is 7.43. The van der Waals surface area contributed by atoms with Crippen LogP contribution >= 0.6 is 0 Å². The third kappa shape index (κ3) is 3.68. The Morgan fingerprint density at radius 1 is 1.28 bits per heavy atom. The zero-order valence-corrected chi connectivity index (χ0v) is 14.5. The van der Waals surface area contributed by atoms with E-state index in [1.54, 1.807) is 6.07 Å². The van der Waals surface area contributed by atoms with Gasteiger partial charge in [0, 0.05) is 11.4 Å². The summed E-state index contributed by atoms with van der Waals surface area (Å²) in [4.78, 5) is 14.7. The van der Waals surface area contributed by atoms with Gasteiger partial charge in [-0.2, -0.15) is 0 Å². The van der Waals surface area contributed by atoms with Crippen molar-refractivity contribution < 1.29 is 13.9 Å². The van der Waals surface area contributed by atoms with Crippen LogP contribution in [0, 0.1) is 5.82 Å². The van der Waals surface area contributed by atoms with Crippen LogP contribution in [-0.2, 0) is 4.79 Å². The first-order chi connectivity index (χ1) is 11.7. The van der Waals surface area contributed by atoms with Gasteiger partial charge in [-0.05, 0) is 63.2 Å². The number of nitrogens with one attached hydrogen (secondary N) is 1. The van der Waals surface area contributed by atoms with Crippen LogP contribution < -0.4 is 20.7 Å². The molecule has 0 fully saturated rings. The maximum absolute atomic E-state index is 13.0.